The average Bonchev–Trinajstić information content (AvgIpc) is 2.09. The second-order valence-electron chi connectivity index (χ2n) is 2.56. The lowest BCUT2D eigenvalue weighted by molar-refractivity contribution is 0.273. The second kappa shape index (κ2) is 3.51. The minimum Gasteiger partial charge on any atom is -0.506 e. The van der Waals surface area contributed by atoms with Crippen LogP contribution in [0.3, 0.4) is 0 Å². The lowest BCUT2D eigenvalue weighted by Crippen LogP contribution is -2.04. The van der Waals surface area contributed by atoms with Crippen molar-refractivity contribution in [3.05, 3.63) is 23.0 Å². The molecule has 0 amide bonds. The fourth-order valence-electron chi connectivity index (χ4n) is 1.04. The lowest BCUT2D eigenvalue weighted by Gasteiger charge is -2.08. The van der Waals surface area contributed by atoms with Crippen molar-refractivity contribution in [2.24, 2.45) is 5.73 Å². The number of nitrogens with zero attached hydrogens (tertiary/aromatic N) is 1. The number of pyridine rings is 1. The Morgan fingerprint density at radius 1 is 1.58 bits per heavy atom. The highest BCUT2D eigenvalue weighted by molar-refractivity contribution is 5.40. The third kappa shape index (κ3) is 1.39. The Morgan fingerprint density at radius 3 is 2.75 bits per heavy atom. The van der Waals surface area contributed by atoms with E-state index in [1.807, 2.05) is 0 Å². The van der Waals surface area contributed by atoms with Crippen molar-refractivity contribution in [3.8, 4) is 5.75 Å². The molecule has 66 valence electrons. The van der Waals surface area contributed by atoms with Crippen LogP contribution in [0, 0.1) is 6.92 Å². The highest BCUT2D eigenvalue weighted by atomic mass is 16.3. The maximum absolute atomic E-state index is 9.43. The molecule has 0 aromatic carbocycles. The Morgan fingerprint density at radius 2 is 2.25 bits per heavy atom. The Hall–Kier alpha value is -1.13. The third-order valence-corrected chi connectivity index (χ3v) is 1.81. The summed E-state index contributed by atoms with van der Waals surface area (Å²) in [6, 6.07) is 0. The summed E-state index contributed by atoms with van der Waals surface area (Å²) in [5.41, 5.74) is 7.05. The summed E-state index contributed by atoms with van der Waals surface area (Å²) in [5, 5.41) is 18.3. The predicted molar refractivity (Wildman–Crippen MR) is 44.5 cm³/mol. The normalized spacial score (nSPS) is 10.2. The maximum atomic E-state index is 9.43. The standard InChI is InChI=1S/C8H12N2O2/c1-5-8(12)7(4-11)6(2-9)3-10-5/h3,11-12H,2,4,9H2,1H3. The minimum absolute atomic E-state index is 0.0421. The van der Waals surface area contributed by atoms with Crippen molar-refractivity contribution in [2.45, 2.75) is 20.1 Å². The molecule has 0 saturated carbocycles. The molecule has 1 aromatic heterocycles. The number of hydrogen-bond donors (Lipinski definition) is 3. The van der Waals surface area contributed by atoms with Crippen LogP contribution in [0.1, 0.15) is 16.8 Å². The van der Waals surface area contributed by atoms with Crippen molar-refractivity contribution in [1.82, 2.24) is 4.98 Å². The van der Waals surface area contributed by atoms with Crippen LogP contribution >= 0.6 is 0 Å². The summed E-state index contributed by atoms with van der Waals surface area (Å²) in [5.74, 6) is 0.0421. The van der Waals surface area contributed by atoms with Gasteiger partial charge in [-0.2, -0.15) is 0 Å². The zero-order valence-electron chi connectivity index (χ0n) is 6.91. The molecule has 4 N–H and O–H groups in total. The fourth-order valence-corrected chi connectivity index (χ4v) is 1.04. The van der Waals surface area contributed by atoms with Crippen LogP contribution in [0.25, 0.3) is 0 Å². The van der Waals surface area contributed by atoms with Gasteiger partial charge in [-0.05, 0) is 12.5 Å². The van der Waals surface area contributed by atoms with Gasteiger partial charge in [0.05, 0.1) is 12.3 Å². The van der Waals surface area contributed by atoms with Crippen LogP contribution in [-0.2, 0) is 13.2 Å². The number of nitrogens with two attached hydrogens (primary N) is 1. The molecule has 0 spiro atoms. The van der Waals surface area contributed by atoms with Crippen LogP contribution in [0.2, 0.25) is 0 Å². The molecule has 0 atom stereocenters. The van der Waals surface area contributed by atoms with Crippen molar-refractivity contribution in [1.29, 1.82) is 0 Å². The third-order valence-electron chi connectivity index (χ3n) is 1.81. The van der Waals surface area contributed by atoms with Crippen LogP contribution in [0.15, 0.2) is 6.20 Å². The molecule has 0 unspecified atom stereocenters. The number of hydrogen-bond acceptors (Lipinski definition) is 4. The monoisotopic (exact) mass is 168 g/mol. The van der Waals surface area contributed by atoms with E-state index in [4.69, 9.17) is 10.8 Å². The highest BCUT2D eigenvalue weighted by Crippen LogP contribution is 2.22. The maximum Gasteiger partial charge on any atom is 0.142 e. The summed E-state index contributed by atoms with van der Waals surface area (Å²) >= 11 is 0. The number of aromatic hydroxyl groups is 1. The molecule has 0 saturated heterocycles. The van der Waals surface area contributed by atoms with Gasteiger partial charge in [-0.3, -0.25) is 4.98 Å². The molecular formula is C8H12N2O2. The van der Waals surface area contributed by atoms with Gasteiger partial charge in [0.15, 0.2) is 0 Å². The van der Waals surface area contributed by atoms with Gasteiger partial charge in [-0.15, -0.1) is 0 Å². The SMILES string of the molecule is Cc1ncc(CN)c(CO)c1O. The van der Waals surface area contributed by atoms with E-state index in [0.717, 1.165) is 0 Å². The zero-order valence-corrected chi connectivity index (χ0v) is 6.91. The largest absolute Gasteiger partial charge is 0.506 e. The number of aliphatic hydroxyl groups is 1. The molecule has 0 aliphatic carbocycles. The molecular weight excluding hydrogens is 156 g/mol. The number of aromatic nitrogens is 1. The van der Waals surface area contributed by atoms with Gasteiger partial charge in [0.2, 0.25) is 0 Å². The Balaban J connectivity index is 3.25. The van der Waals surface area contributed by atoms with Gasteiger partial charge in [0.1, 0.15) is 5.75 Å². The molecule has 1 aromatic rings. The van der Waals surface area contributed by atoms with E-state index in [2.05, 4.69) is 4.98 Å². The summed E-state index contributed by atoms with van der Waals surface area (Å²) < 4.78 is 0. The van der Waals surface area contributed by atoms with E-state index in [1.54, 1.807) is 13.1 Å². The van der Waals surface area contributed by atoms with Gasteiger partial charge < -0.3 is 15.9 Å². The first kappa shape index (κ1) is 8.96. The van der Waals surface area contributed by atoms with Gasteiger partial charge in [-0.25, -0.2) is 0 Å². The smallest absolute Gasteiger partial charge is 0.142 e. The summed E-state index contributed by atoms with van der Waals surface area (Å²) in [4.78, 5) is 3.92. The first-order valence-electron chi connectivity index (χ1n) is 3.68. The minimum atomic E-state index is -0.207. The van der Waals surface area contributed by atoms with E-state index in [9.17, 15) is 5.11 Å². The first-order chi connectivity index (χ1) is 5.70. The van der Waals surface area contributed by atoms with E-state index in [0.29, 0.717) is 16.8 Å². The second-order valence-corrected chi connectivity index (χ2v) is 2.56. The van der Waals surface area contributed by atoms with Crippen LogP contribution in [0.5, 0.6) is 5.75 Å². The van der Waals surface area contributed by atoms with Crippen LogP contribution in [-0.4, -0.2) is 15.2 Å². The number of aryl methyl sites for hydroxylation is 1. The molecule has 4 nitrogen and oxygen atoms in total. The number of aliphatic hydroxyl groups excluding tert-OH is 1. The topological polar surface area (TPSA) is 79.4 Å². The lowest BCUT2D eigenvalue weighted by atomic mass is 10.1. The van der Waals surface area contributed by atoms with Crippen LogP contribution in [0.4, 0.5) is 0 Å². The fraction of sp³-hybridized carbons (Fsp3) is 0.375. The molecule has 4 heteroatoms. The predicted octanol–water partition coefficient (Wildman–Crippen LogP) is 0.0466. The van der Waals surface area contributed by atoms with Crippen molar-refractivity contribution < 1.29 is 10.2 Å². The molecule has 1 heterocycles. The van der Waals surface area contributed by atoms with Gasteiger partial charge in [-0.1, -0.05) is 0 Å². The van der Waals surface area contributed by atoms with E-state index < -0.39 is 0 Å². The highest BCUT2D eigenvalue weighted by Gasteiger charge is 2.08. The Kier molecular flexibility index (Phi) is 2.62. The molecule has 0 aliphatic heterocycles. The first-order valence-corrected chi connectivity index (χ1v) is 3.68. The van der Waals surface area contributed by atoms with Crippen molar-refractivity contribution >= 4 is 0 Å². The summed E-state index contributed by atoms with van der Waals surface area (Å²) in [7, 11) is 0. The van der Waals surface area contributed by atoms with Crippen molar-refractivity contribution in [2.75, 3.05) is 0 Å². The van der Waals surface area contributed by atoms with E-state index in [-0.39, 0.29) is 18.9 Å². The molecule has 12 heavy (non-hydrogen) atoms. The van der Waals surface area contributed by atoms with Gasteiger partial charge in [0, 0.05) is 18.3 Å². The Labute approximate surface area is 70.7 Å². The van der Waals surface area contributed by atoms with Gasteiger partial charge in [0.25, 0.3) is 0 Å². The summed E-state index contributed by atoms with van der Waals surface area (Å²) in [6.07, 6.45) is 1.57. The van der Waals surface area contributed by atoms with Crippen LogP contribution < -0.4 is 5.73 Å². The van der Waals surface area contributed by atoms with E-state index >= 15 is 0 Å². The molecule has 0 aliphatic rings. The molecule has 0 fully saturated rings. The molecule has 0 radical (unpaired) electrons. The average molecular weight is 168 g/mol. The number of rotatable bonds is 2. The summed E-state index contributed by atoms with van der Waals surface area (Å²) in [6.45, 7) is 1.74. The quantitative estimate of drug-likeness (QED) is 0.582. The zero-order chi connectivity index (χ0) is 9.14. The molecule has 0 bridgehead atoms. The Bertz CT molecular complexity index is 287. The van der Waals surface area contributed by atoms with Crippen molar-refractivity contribution in [3.63, 3.8) is 0 Å². The molecule has 1 rings (SSSR count). The van der Waals surface area contributed by atoms with Gasteiger partial charge >= 0.3 is 0 Å². The van der Waals surface area contributed by atoms with E-state index in [1.165, 1.54) is 0 Å².